The Kier molecular flexibility index (Phi) is 6.91. The zero-order chi connectivity index (χ0) is 21.6. The first kappa shape index (κ1) is 21.4. The maximum atomic E-state index is 13.3. The van der Waals surface area contributed by atoms with E-state index in [1.165, 1.54) is 6.42 Å². The molecule has 2 amide bonds. The van der Waals surface area contributed by atoms with Gasteiger partial charge in [-0.3, -0.25) is 0 Å². The van der Waals surface area contributed by atoms with Gasteiger partial charge in [-0.1, -0.05) is 24.4 Å². The van der Waals surface area contributed by atoms with Gasteiger partial charge in [-0.15, -0.1) is 0 Å². The predicted molar refractivity (Wildman–Crippen MR) is 113 cm³/mol. The van der Waals surface area contributed by atoms with Gasteiger partial charge in [0.05, 0.1) is 27.4 Å². The number of ether oxygens (including phenoxy) is 3. The minimum absolute atomic E-state index is 0.0288. The lowest BCUT2D eigenvalue weighted by molar-refractivity contribution is 0.0341. The molecule has 9 nitrogen and oxygen atoms in total. The normalized spacial score (nSPS) is 17.4. The van der Waals surface area contributed by atoms with Crippen LogP contribution in [0.5, 0.6) is 11.5 Å². The van der Waals surface area contributed by atoms with Crippen molar-refractivity contribution >= 4 is 6.03 Å². The summed E-state index contributed by atoms with van der Waals surface area (Å²) in [4.78, 5) is 21.6. The molecule has 2 heterocycles. The van der Waals surface area contributed by atoms with E-state index < -0.39 is 0 Å². The number of morpholine rings is 1. The van der Waals surface area contributed by atoms with Gasteiger partial charge < -0.3 is 28.5 Å². The van der Waals surface area contributed by atoms with Crippen molar-refractivity contribution in [3.05, 3.63) is 24.1 Å². The molecule has 1 saturated heterocycles. The number of rotatable bonds is 6. The van der Waals surface area contributed by atoms with Gasteiger partial charge in [0, 0.05) is 24.7 Å². The number of nitrogens with zero attached hydrogens (tertiary/aromatic N) is 4. The first-order valence-electron chi connectivity index (χ1n) is 10.9. The van der Waals surface area contributed by atoms with Crippen molar-refractivity contribution in [2.24, 2.45) is 0 Å². The first-order chi connectivity index (χ1) is 15.2. The molecular weight excluding hydrogens is 400 g/mol. The second-order valence-electron chi connectivity index (χ2n) is 7.88. The topological polar surface area (TPSA) is 90.2 Å². The van der Waals surface area contributed by atoms with E-state index in [9.17, 15) is 4.79 Å². The molecule has 1 aliphatic heterocycles. The Hall–Kier alpha value is -2.81. The number of aromatic nitrogens is 2. The van der Waals surface area contributed by atoms with Crippen molar-refractivity contribution in [2.75, 3.05) is 40.5 Å². The zero-order valence-electron chi connectivity index (χ0n) is 18.2. The van der Waals surface area contributed by atoms with E-state index >= 15 is 0 Å². The molecule has 1 aliphatic carbocycles. The average Bonchev–Trinajstić information content (AvgIpc) is 3.31. The highest BCUT2D eigenvalue weighted by Crippen LogP contribution is 2.31. The summed E-state index contributed by atoms with van der Waals surface area (Å²) in [5, 5.41) is 4.13. The molecule has 31 heavy (non-hydrogen) atoms. The molecule has 4 rings (SSSR count). The van der Waals surface area contributed by atoms with E-state index in [4.69, 9.17) is 18.7 Å². The third kappa shape index (κ3) is 4.92. The highest BCUT2D eigenvalue weighted by Gasteiger charge is 2.31. The fraction of sp³-hybridized carbons (Fsp3) is 0.591. The van der Waals surface area contributed by atoms with Crippen LogP contribution in [-0.2, 0) is 11.3 Å². The molecule has 1 saturated carbocycles. The summed E-state index contributed by atoms with van der Waals surface area (Å²) in [7, 11) is 3.18. The smallest absolute Gasteiger partial charge is 0.320 e. The molecule has 0 bridgehead atoms. The van der Waals surface area contributed by atoms with Crippen LogP contribution in [-0.4, -0.2) is 72.5 Å². The third-order valence-corrected chi connectivity index (χ3v) is 5.96. The van der Waals surface area contributed by atoms with E-state index in [1.54, 1.807) is 20.3 Å². The summed E-state index contributed by atoms with van der Waals surface area (Å²) in [6.45, 7) is 2.69. The van der Waals surface area contributed by atoms with Crippen molar-refractivity contribution in [3.8, 4) is 22.9 Å². The van der Waals surface area contributed by atoms with Gasteiger partial charge in [0.1, 0.15) is 6.54 Å². The van der Waals surface area contributed by atoms with Crippen LogP contribution in [0.15, 0.2) is 22.7 Å². The van der Waals surface area contributed by atoms with Gasteiger partial charge in [0.25, 0.3) is 0 Å². The Morgan fingerprint density at radius 2 is 1.87 bits per heavy atom. The van der Waals surface area contributed by atoms with Crippen LogP contribution in [0, 0.1) is 0 Å². The van der Waals surface area contributed by atoms with Crippen LogP contribution < -0.4 is 9.47 Å². The summed E-state index contributed by atoms with van der Waals surface area (Å²) < 4.78 is 21.6. The van der Waals surface area contributed by atoms with Crippen LogP contribution in [0.2, 0.25) is 0 Å². The SMILES string of the molecule is COc1ccc(-c2noc(CN(C(=O)N3CCOCC3)C3CCCCC3)n2)cc1OC. The molecule has 1 aromatic carbocycles. The van der Waals surface area contributed by atoms with Crippen LogP contribution in [0.3, 0.4) is 0 Å². The van der Waals surface area contributed by atoms with Crippen LogP contribution in [0.4, 0.5) is 4.79 Å². The molecule has 0 spiro atoms. The van der Waals surface area contributed by atoms with Gasteiger partial charge >= 0.3 is 6.03 Å². The zero-order valence-corrected chi connectivity index (χ0v) is 18.2. The summed E-state index contributed by atoms with van der Waals surface area (Å²) in [6, 6.07) is 5.70. The van der Waals surface area contributed by atoms with Gasteiger partial charge in [0.2, 0.25) is 11.7 Å². The van der Waals surface area contributed by atoms with Crippen molar-refractivity contribution in [3.63, 3.8) is 0 Å². The number of urea groups is 1. The third-order valence-electron chi connectivity index (χ3n) is 5.96. The van der Waals surface area contributed by atoms with Crippen LogP contribution in [0.1, 0.15) is 38.0 Å². The highest BCUT2D eigenvalue weighted by atomic mass is 16.5. The Morgan fingerprint density at radius 1 is 1.13 bits per heavy atom. The van der Waals surface area contributed by atoms with E-state index in [0.717, 1.165) is 31.2 Å². The maximum Gasteiger partial charge on any atom is 0.320 e. The van der Waals surface area contributed by atoms with Gasteiger partial charge in [-0.2, -0.15) is 4.98 Å². The van der Waals surface area contributed by atoms with Crippen LogP contribution >= 0.6 is 0 Å². The van der Waals surface area contributed by atoms with Gasteiger partial charge in [0.15, 0.2) is 11.5 Å². The van der Waals surface area contributed by atoms with Crippen molar-refractivity contribution in [1.29, 1.82) is 0 Å². The Labute approximate surface area is 182 Å². The van der Waals surface area contributed by atoms with E-state index in [0.29, 0.717) is 56.1 Å². The highest BCUT2D eigenvalue weighted by molar-refractivity contribution is 5.75. The van der Waals surface area contributed by atoms with Crippen molar-refractivity contribution in [1.82, 2.24) is 19.9 Å². The van der Waals surface area contributed by atoms with Crippen molar-refractivity contribution in [2.45, 2.75) is 44.7 Å². The summed E-state index contributed by atoms with van der Waals surface area (Å²) >= 11 is 0. The predicted octanol–water partition coefficient (Wildman–Crippen LogP) is 3.34. The largest absolute Gasteiger partial charge is 0.493 e. The lowest BCUT2D eigenvalue weighted by Crippen LogP contribution is -2.51. The Balaban J connectivity index is 1.53. The summed E-state index contributed by atoms with van der Waals surface area (Å²) in [6.07, 6.45) is 5.51. The number of methoxy groups -OCH3 is 2. The number of benzene rings is 1. The molecule has 0 atom stereocenters. The molecule has 0 radical (unpaired) electrons. The quantitative estimate of drug-likeness (QED) is 0.694. The number of hydrogen-bond acceptors (Lipinski definition) is 7. The van der Waals surface area contributed by atoms with Gasteiger partial charge in [-0.25, -0.2) is 4.79 Å². The summed E-state index contributed by atoms with van der Waals surface area (Å²) in [5.41, 5.74) is 0.761. The molecule has 2 fully saturated rings. The maximum absolute atomic E-state index is 13.3. The van der Waals surface area contributed by atoms with Crippen LogP contribution in [0.25, 0.3) is 11.4 Å². The average molecular weight is 431 g/mol. The lowest BCUT2D eigenvalue weighted by atomic mass is 9.94. The fourth-order valence-electron chi connectivity index (χ4n) is 4.24. The number of amides is 2. The number of hydrogen-bond donors (Lipinski definition) is 0. The first-order valence-corrected chi connectivity index (χ1v) is 10.9. The molecule has 9 heteroatoms. The Bertz CT molecular complexity index is 875. The number of carbonyl (C=O) groups excluding carboxylic acids is 1. The van der Waals surface area contributed by atoms with E-state index in [2.05, 4.69) is 10.1 Å². The fourth-order valence-corrected chi connectivity index (χ4v) is 4.24. The molecule has 1 aromatic heterocycles. The molecule has 0 unspecified atom stereocenters. The molecule has 2 aromatic rings. The summed E-state index contributed by atoms with van der Waals surface area (Å²) in [5.74, 6) is 2.11. The number of carbonyl (C=O) groups is 1. The molecule has 0 N–H and O–H groups in total. The van der Waals surface area contributed by atoms with E-state index in [-0.39, 0.29) is 12.1 Å². The standard InChI is InChI=1S/C22H30N4O5/c1-28-18-9-8-16(14-19(18)29-2)21-23-20(31-24-21)15-26(17-6-4-3-5-7-17)22(27)25-10-12-30-13-11-25/h8-9,14,17H,3-7,10-13,15H2,1-2H3. The second kappa shape index (κ2) is 10.00. The second-order valence-corrected chi connectivity index (χ2v) is 7.88. The van der Waals surface area contributed by atoms with E-state index in [1.807, 2.05) is 21.9 Å². The minimum atomic E-state index is 0.0288. The van der Waals surface area contributed by atoms with Crippen molar-refractivity contribution < 1.29 is 23.5 Å². The van der Waals surface area contributed by atoms with Gasteiger partial charge in [-0.05, 0) is 31.0 Å². The monoisotopic (exact) mass is 430 g/mol. The minimum Gasteiger partial charge on any atom is -0.493 e. The molecule has 168 valence electrons. The molecular formula is C22H30N4O5. The lowest BCUT2D eigenvalue weighted by Gasteiger charge is -2.38. The Morgan fingerprint density at radius 3 is 2.58 bits per heavy atom. The molecule has 2 aliphatic rings.